The van der Waals surface area contributed by atoms with Gasteiger partial charge in [0, 0.05) is 12.7 Å². The maximum Gasteiger partial charge on any atom is 0.287 e. The SMILES string of the molecule is N#Cc1ccccc1NC(=O)c1nc(C(=O)NCc2ccccc2)n2ccccc12. The van der Waals surface area contributed by atoms with Crippen molar-refractivity contribution in [1.29, 1.82) is 5.26 Å². The van der Waals surface area contributed by atoms with Gasteiger partial charge in [0.1, 0.15) is 6.07 Å². The van der Waals surface area contributed by atoms with Gasteiger partial charge in [-0.25, -0.2) is 4.98 Å². The van der Waals surface area contributed by atoms with E-state index >= 15 is 0 Å². The fraction of sp³-hybridized carbons (Fsp3) is 0.0435. The number of hydrogen-bond acceptors (Lipinski definition) is 4. The van der Waals surface area contributed by atoms with Crippen LogP contribution in [0.5, 0.6) is 0 Å². The minimum Gasteiger partial charge on any atom is -0.345 e. The number of nitriles is 1. The van der Waals surface area contributed by atoms with E-state index in [1.54, 1.807) is 53.1 Å². The zero-order valence-corrected chi connectivity index (χ0v) is 15.9. The molecule has 2 amide bonds. The van der Waals surface area contributed by atoms with Crippen LogP contribution in [-0.4, -0.2) is 21.2 Å². The molecule has 0 spiro atoms. The highest BCUT2D eigenvalue weighted by Crippen LogP contribution is 2.18. The highest BCUT2D eigenvalue weighted by atomic mass is 16.2. The van der Waals surface area contributed by atoms with E-state index in [4.69, 9.17) is 0 Å². The lowest BCUT2D eigenvalue weighted by Crippen LogP contribution is -2.25. The van der Waals surface area contributed by atoms with Crippen molar-refractivity contribution in [3.8, 4) is 6.07 Å². The predicted octanol–water partition coefficient (Wildman–Crippen LogP) is 3.39. The second-order valence-electron chi connectivity index (χ2n) is 6.52. The molecule has 0 radical (unpaired) electrons. The van der Waals surface area contributed by atoms with Crippen LogP contribution in [0.4, 0.5) is 5.69 Å². The molecule has 0 atom stereocenters. The molecule has 7 nitrogen and oxygen atoms in total. The van der Waals surface area contributed by atoms with Gasteiger partial charge in [-0.3, -0.25) is 14.0 Å². The van der Waals surface area contributed by atoms with Crippen LogP contribution in [0.1, 0.15) is 32.2 Å². The number of benzene rings is 2. The minimum absolute atomic E-state index is 0.105. The summed E-state index contributed by atoms with van der Waals surface area (Å²) in [4.78, 5) is 29.9. The van der Waals surface area contributed by atoms with Crippen molar-refractivity contribution in [3.63, 3.8) is 0 Å². The Morgan fingerprint density at radius 1 is 0.933 bits per heavy atom. The molecule has 2 aromatic carbocycles. The summed E-state index contributed by atoms with van der Waals surface area (Å²) in [5.74, 6) is -0.778. The molecule has 0 bridgehead atoms. The number of pyridine rings is 1. The van der Waals surface area contributed by atoms with Crippen LogP contribution in [0.3, 0.4) is 0 Å². The summed E-state index contributed by atoms with van der Waals surface area (Å²) in [6.07, 6.45) is 1.68. The van der Waals surface area contributed by atoms with Crippen LogP contribution in [0.2, 0.25) is 0 Å². The zero-order valence-electron chi connectivity index (χ0n) is 15.9. The molecule has 2 heterocycles. The second kappa shape index (κ2) is 8.29. The molecule has 146 valence electrons. The van der Waals surface area contributed by atoms with Gasteiger partial charge in [0.2, 0.25) is 5.82 Å². The summed E-state index contributed by atoms with van der Waals surface area (Å²) in [6, 6.07) is 23.5. The standard InChI is InChI=1S/C23H17N5O2/c24-14-17-10-4-5-11-18(17)26-22(29)20-19-12-6-7-13-28(19)21(27-20)23(30)25-15-16-8-2-1-3-9-16/h1-13H,15H2,(H,25,30)(H,26,29). The van der Waals surface area contributed by atoms with E-state index in [1.165, 1.54) is 0 Å². The molecule has 0 unspecified atom stereocenters. The molecule has 7 heteroatoms. The maximum atomic E-state index is 12.9. The largest absolute Gasteiger partial charge is 0.345 e. The molecule has 0 saturated heterocycles. The first-order valence-electron chi connectivity index (χ1n) is 9.27. The molecule has 0 aliphatic rings. The van der Waals surface area contributed by atoms with E-state index in [-0.39, 0.29) is 11.5 Å². The summed E-state index contributed by atoms with van der Waals surface area (Å²) in [7, 11) is 0. The average Bonchev–Trinajstić information content (AvgIpc) is 3.18. The lowest BCUT2D eigenvalue weighted by Gasteiger charge is -2.05. The van der Waals surface area contributed by atoms with E-state index in [0.29, 0.717) is 23.3 Å². The molecule has 0 aliphatic carbocycles. The molecule has 0 aliphatic heterocycles. The number of para-hydroxylation sites is 1. The number of hydrogen-bond donors (Lipinski definition) is 2. The average molecular weight is 395 g/mol. The molecule has 2 N–H and O–H groups in total. The zero-order chi connectivity index (χ0) is 20.9. The van der Waals surface area contributed by atoms with Gasteiger partial charge in [-0.05, 0) is 29.8 Å². The van der Waals surface area contributed by atoms with Crippen molar-refractivity contribution < 1.29 is 9.59 Å². The minimum atomic E-state index is -0.497. The normalized spacial score (nSPS) is 10.4. The molecule has 30 heavy (non-hydrogen) atoms. The summed E-state index contributed by atoms with van der Waals surface area (Å²) < 4.78 is 1.57. The van der Waals surface area contributed by atoms with Gasteiger partial charge in [0.25, 0.3) is 11.8 Å². The fourth-order valence-electron chi connectivity index (χ4n) is 3.09. The third-order valence-electron chi connectivity index (χ3n) is 4.56. The van der Waals surface area contributed by atoms with Gasteiger partial charge < -0.3 is 10.6 Å². The highest BCUT2D eigenvalue weighted by Gasteiger charge is 2.22. The Balaban J connectivity index is 1.63. The molecule has 0 saturated carbocycles. The van der Waals surface area contributed by atoms with Gasteiger partial charge in [0.05, 0.1) is 16.8 Å². The van der Waals surface area contributed by atoms with E-state index in [1.807, 2.05) is 36.4 Å². The number of nitrogens with zero attached hydrogens (tertiary/aromatic N) is 3. The summed E-state index contributed by atoms with van der Waals surface area (Å²) in [5, 5.41) is 14.8. The monoisotopic (exact) mass is 395 g/mol. The lowest BCUT2D eigenvalue weighted by molar-refractivity contribution is 0.0940. The summed E-state index contributed by atoms with van der Waals surface area (Å²) in [6.45, 7) is 0.346. The van der Waals surface area contributed by atoms with Crippen molar-refractivity contribution in [1.82, 2.24) is 14.7 Å². The number of imidazole rings is 1. The Hall–Kier alpha value is -4.44. The third-order valence-corrected chi connectivity index (χ3v) is 4.56. The number of fused-ring (bicyclic) bond motifs is 1. The van der Waals surface area contributed by atoms with E-state index in [0.717, 1.165) is 5.56 Å². The van der Waals surface area contributed by atoms with Gasteiger partial charge >= 0.3 is 0 Å². The number of aromatic nitrogens is 2. The molecule has 4 rings (SSSR count). The van der Waals surface area contributed by atoms with Crippen LogP contribution in [0, 0.1) is 11.3 Å². The van der Waals surface area contributed by atoms with Gasteiger partial charge in [-0.15, -0.1) is 0 Å². The number of anilines is 1. The van der Waals surface area contributed by atoms with Crippen molar-refractivity contribution in [2.45, 2.75) is 6.54 Å². The number of carbonyl (C=O) groups is 2. The molecular formula is C23H17N5O2. The van der Waals surface area contributed by atoms with Crippen LogP contribution in [0.15, 0.2) is 79.0 Å². The van der Waals surface area contributed by atoms with Crippen molar-refractivity contribution in [2.24, 2.45) is 0 Å². The lowest BCUT2D eigenvalue weighted by atomic mass is 10.2. The first-order chi connectivity index (χ1) is 14.7. The van der Waals surface area contributed by atoms with Crippen molar-refractivity contribution >= 4 is 23.0 Å². The third kappa shape index (κ3) is 3.75. The Kier molecular flexibility index (Phi) is 5.22. The van der Waals surface area contributed by atoms with Gasteiger partial charge in [-0.2, -0.15) is 5.26 Å². The van der Waals surface area contributed by atoms with Crippen LogP contribution < -0.4 is 10.6 Å². The highest BCUT2D eigenvalue weighted by molar-refractivity contribution is 6.09. The van der Waals surface area contributed by atoms with Gasteiger partial charge in [0.15, 0.2) is 5.69 Å². The fourth-order valence-corrected chi connectivity index (χ4v) is 3.09. The van der Waals surface area contributed by atoms with Crippen molar-refractivity contribution in [2.75, 3.05) is 5.32 Å². The second-order valence-corrected chi connectivity index (χ2v) is 6.52. The van der Waals surface area contributed by atoms with E-state index in [2.05, 4.69) is 15.6 Å². The molecule has 4 aromatic rings. The van der Waals surface area contributed by atoms with Crippen LogP contribution >= 0.6 is 0 Å². The maximum absolute atomic E-state index is 12.9. The number of nitrogens with one attached hydrogen (secondary N) is 2. The first kappa shape index (κ1) is 18.9. The number of carbonyl (C=O) groups excluding carboxylic acids is 2. The van der Waals surface area contributed by atoms with E-state index < -0.39 is 11.8 Å². The first-order valence-corrected chi connectivity index (χ1v) is 9.27. The van der Waals surface area contributed by atoms with E-state index in [9.17, 15) is 14.9 Å². The predicted molar refractivity (Wildman–Crippen MR) is 112 cm³/mol. The molecule has 2 aromatic heterocycles. The molecule has 0 fully saturated rings. The van der Waals surface area contributed by atoms with Crippen molar-refractivity contribution in [3.05, 3.63) is 102 Å². The summed E-state index contributed by atoms with van der Waals surface area (Å²) in [5.41, 5.74) is 2.28. The number of amides is 2. The Labute approximate surface area is 172 Å². The molecular weight excluding hydrogens is 378 g/mol. The Morgan fingerprint density at radius 2 is 1.67 bits per heavy atom. The van der Waals surface area contributed by atoms with Crippen LogP contribution in [0.25, 0.3) is 5.52 Å². The van der Waals surface area contributed by atoms with Crippen LogP contribution in [-0.2, 0) is 6.54 Å². The Bertz CT molecular complexity index is 1270. The Morgan fingerprint density at radius 3 is 2.47 bits per heavy atom. The quantitative estimate of drug-likeness (QED) is 0.541. The van der Waals surface area contributed by atoms with Gasteiger partial charge in [-0.1, -0.05) is 48.5 Å². The smallest absolute Gasteiger partial charge is 0.287 e. The summed E-state index contributed by atoms with van der Waals surface area (Å²) >= 11 is 0. The number of rotatable bonds is 5. The topological polar surface area (TPSA) is 99.3 Å².